The number of carbonyl (C=O) groups excluding carboxylic acids is 1. The van der Waals surface area contributed by atoms with Gasteiger partial charge in [-0.3, -0.25) is 9.89 Å². The van der Waals surface area contributed by atoms with E-state index in [1.165, 1.54) is 11.9 Å². The van der Waals surface area contributed by atoms with E-state index in [-0.39, 0.29) is 37.6 Å². The molecule has 1 heterocycles. The molecule has 0 aromatic carbocycles. The maximum absolute atomic E-state index is 13.0. The Morgan fingerprint density at radius 1 is 1.38 bits per heavy atom. The van der Waals surface area contributed by atoms with Gasteiger partial charge in [0.1, 0.15) is 0 Å². The Morgan fingerprint density at radius 3 is 2.54 bits per heavy atom. The Bertz CT molecular complexity index is 597. The molecule has 1 aromatic heterocycles. The summed E-state index contributed by atoms with van der Waals surface area (Å²) in [6, 6.07) is 0. The minimum Gasteiger partial charge on any atom is -0.396 e. The number of nitrogens with one attached hydrogen (secondary N) is 1. The molecular weight excluding hydrogens is 327 g/mol. The molecule has 2 rings (SSSR count). The summed E-state index contributed by atoms with van der Waals surface area (Å²) in [7, 11) is 1.53. The van der Waals surface area contributed by atoms with Crippen LogP contribution in [0.15, 0.2) is 0 Å². The maximum atomic E-state index is 13.0. The lowest BCUT2D eigenvalue weighted by Crippen LogP contribution is -2.44. The lowest BCUT2D eigenvalue weighted by atomic mass is 9.84. The first kappa shape index (κ1) is 18.7. The van der Waals surface area contributed by atoms with E-state index in [9.17, 15) is 28.2 Å². The second-order valence-electron chi connectivity index (χ2n) is 6.79. The molecule has 0 bridgehead atoms. The van der Waals surface area contributed by atoms with Gasteiger partial charge >= 0.3 is 6.18 Å². The van der Waals surface area contributed by atoms with E-state index < -0.39 is 23.2 Å². The number of hydrogen-bond acceptors (Lipinski definition) is 4. The highest BCUT2D eigenvalue weighted by Crippen LogP contribution is 2.36. The smallest absolute Gasteiger partial charge is 0.396 e. The van der Waals surface area contributed by atoms with Crippen molar-refractivity contribution in [3.8, 4) is 0 Å². The summed E-state index contributed by atoms with van der Waals surface area (Å²) < 4.78 is 38.9. The Balaban J connectivity index is 2.12. The van der Waals surface area contributed by atoms with Crippen LogP contribution < -0.4 is 0 Å². The molecule has 1 aromatic rings. The summed E-state index contributed by atoms with van der Waals surface area (Å²) >= 11 is 0. The fourth-order valence-electron chi connectivity index (χ4n) is 3.05. The number of H-pyrrole nitrogens is 1. The number of hydrogen-bond donors (Lipinski definition) is 3. The number of carbonyl (C=O) groups is 1. The van der Waals surface area contributed by atoms with Gasteiger partial charge in [0.15, 0.2) is 5.69 Å². The van der Waals surface area contributed by atoms with Crippen LogP contribution in [0, 0.1) is 11.3 Å². The van der Waals surface area contributed by atoms with Gasteiger partial charge < -0.3 is 15.1 Å². The van der Waals surface area contributed by atoms with E-state index in [0.717, 1.165) is 0 Å². The van der Waals surface area contributed by atoms with Crippen LogP contribution in [-0.2, 0) is 23.8 Å². The number of fused-ring (bicyclic) bond motifs is 1. The predicted molar refractivity (Wildman–Crippen MR) is 79.0 cm³/mol. The third-order valence-electron chi connectivity index (χ3n) is 4.52. The molecule has 0 spiro atoms. The molecule has 1 atom stereocenters. The monoisotopic (exact) mass is 349 g/mol. The first-order valence-corrected chi connectivity index (χ1v) is 7.71. The lowest BCUT2D eigenvalue weighted by Gasteiger charge is -2.33. The van der Waals surface area contributed by atoms with Gasteiger partial charge in [-0.25, -0.2) is 0 Å². The van der Waals surface area contributed by atoms with E-state index in [2.05, 4.69) is 10.2 Å². The summed E-state index contributed by atoms with van der Waals surface area (Å²) in [6.07, 6.45) is -3.79. The van der Waals surface area contributed by atoms with Crippen LogP contribution in [-0.4, -0.2) is 58.0 Å². The molecular formula is C15H22F3N3O3. The summed E-state index contributed by atoms with van der Waals surface area (Å²) in [5.74, 6) is -0.856. The average Bonchev–Trinajstić information content (AvgIpc) is 2.97. The molecule has 0 radical (unpaired) electrons. The second-order valence-corrected chi connectivity index (χ2v) is 6.79. The molecule has 1 aliphatic rings. The van der Waals surface area contributed by atoms with Gasteiger partial charge in [0.25, 0.3) is 0 Å². The van der Waals surface area contributed by atoms with Crippen LogP contribution in [0.4, 0.5) is 13.2 Å². The number of rotatable bonds is 5. The number of aryl methyl sites for hydroxylation is 1. The van der Waals surface area contributed by atoms with E-state index >= 15 is 0 Å². The molecule has 1 unspecified atom stereocenters. The molecule has 3 N–H and O–H groups in total. The highest BCUT2D eigenvalue weighted by molar-refractivity contribution is 5.79. The first-order valence-electron chi connectivity index (χ1n) is 7.71. The van der Waals surface area contributed by atoms with Crippen molar-refractivity contribution in [3.63, 3.8) is 0 Å². The Kier molecular flexibility index (Phi) is 5.24. The van der Waals surface area contributed by atoms with Gasteiger partial charge in [-0.05, 0) is 19.3 Å². The van der Waals surface area contributed by atoms with Gasteiger partial charge in [-0.15, -0.1) is 0 Å². The van der Waals surface area contributed by atoms with Crippen LogP contribution in [0.3, 0.4) is 0 Å². The summed E-state index contributed by atoms with van der Waals surface area (Å²) in [4.78, 5) is 13.9. The molecule has 0 fully saturated rings. The molecule has 0 aliphatic heterocycles. The zero-order valence-corrected chi connectivity index (χ0v) is 13.7. The average molecular weight is 349 g/mol. The second kappa shape index (κ2) is 6.72. The van der Waals surface area contributed by atoms with Crippen LogP contribution in [0.5, 0.6) is 0 Å². The predicted octanol–water partition coefficient (Wildman–Crippen LogP) is 0.983. The minimum absolute atomic E-state index is 0.0151. The number of alkyl halides is 3. The summed E-state index contributed by atoms with van der Waals surface area (Å²) in [6.45, 7) is 1.17. The van der Waals surface area contributed by atoms with Gasteiger partial charge in [-0.2, -0.15) is 18.3 Å². The highest BCUT2D eigenvalue weighted by Gasteiger charge is 2.41. The normalized spacial score (nSPS) is 18.4. The molecule has 1 aliphatic carbocycles. The van der Waals surface area contributed by atoms with Crippen LogP contribution in [0.1, 0.15) is 30.3 Å². The van der Waals surface area contributed by atoms with Crippen molar-refractivity contribution in [1.29, 1.82) is 0 Å². The molecule has 1 amide bonds. The SMILES string of the molecule is CN(CC(C)(CO)CO)C(=O)C1CCc2[nH]nc(C(F)(F)F)c2C1. The highest BCUT2D eigenvalue weighted by atomic mass is 19.4. The van der Waals surface area contributed by atoms with E-state index in [1.807, 2.05) is 0 Å². The number of aromatic nitrogens is 2. The molecule has 136 valence electrons. The van der Waals surface area contributed by atoms with Crippen molar-refractivity contribution in [3.05, 3.63) is 17.0 Å². The molecule has 6 nitrogen and oxygen atoms in total. The fourth-order valence-corrected chi connectivity index (χ4v) is 3.05. The third kappa shape index (κ3) is 3.72. The lowest BCUT2D eigenvalue weighted by molar-refractivity contribution is -0.143. The van der Waals surface area contributed by atoms with Gasteiger partial charge in [0, 0.05) is 36.2 Å². The zero-order chi connectivity index (χ0) is 18.1. The quantitative estimate of drug-likeness (QED) is 0.739. The molecule has 24 heavy (non-hydrogen) atoms. The molecule has 9 heteroatoms. The molecule has 0 saturated carbocycles. The number of nitrogens with zero attached hydrogens (tertiary/aromatic N) is 2. The number of aliphatic hydroxyl groups is 2. The van der Waals surface area contributed by atoms with E-state index in [1.54, 1.807) is 6.92 Å². The van der Waals surface area contributed by atoms with Crippen LogP contribution in [0.25, 0.3) is 0 Å². The number of aromatic amines is 1. The fraction of sp³-hybridized carbons (Fsp3) is 0.733. The number of aliphatic hydroxyl groups excluding tert-OH is 2. The van der Waals surface area contributed by atoms with Crippen molar-refractivity contribution in [1.82, 2.24) is 15.1 Å². The Labute approximate surface area is 137 Å². The van der Waals surface area contributed by atoms with Crippen molar-refractivity contribution in [2.75, 3.05) is 26.8 Å². The van der Waals surface area contributed by atoms with Gasteiger partial charge in [0.05, 0.1) is 13.2 Å². The summed E-state index contributed by atoms with van der Waals surface area (Å²) in [5, 5.41) is 24.4. The first-order chi connectivity index (χ1) is 11.1. The number of halogens is 3. The van der Waals surface area contributed by atoms with Gasteiger partial charge in [0.2, 0.25) is 5.91 Å². The van der Waals surface area contributed by atoms with Crippen molar-refractivity contribution < 1.29 is 28.2 Å². The van der Waals surface area contributed by atoms with Crippen molar-refractivity contribution in [2.45, 2.75) is 32.4 Å². The van der Waals surface area contributed by atoms with Crippen molar-refractivity contribution in [2.24, 2.45) is 11.3 Å². The minimum atomic E-state index is -4.55. The maximum Gasteiger partial charge on any atom is 0.435 e. The summed E-state index contributed by atoms with van der Waals surface area (Å²) in [5.41, 5.74) is -1.30. The standard InChI is InChI=1S/C15H22F3N3O3/c1-14(7-22,8-23)6-21(2)13(24)9-3-4-11-10(5-9)12(20-19-11)15(16,17)18/h9,22-23H,3-8H2,1-2H3,(H,19,20). The third-order valence-corrected chi connectivity index (χ3v) is 4.52. The Hall–Kier alpha value is -1.61. The van der Waals surface area contributed by atoms with Crippen molar-refractivity contribution >= 4 is 5.91 Å². The zero-order valence-electron chi connectivity index (χ0n) is 13.7. The molecule has 0 saturated heterocycles. The van der Waals surface area contributed by atoms with Crippen LogP contribution in [0.2, 0.25) is 0 Å². The topological polar surface area (TPSA) is 89.5 Å². The van der Waals surface area contributed by atoms with Crippen LogP contribution >= 0.6 is 0 Å². The van der Waals surface area contributed by atoms with Gasteiger partial charge in [-0.1, -0.05) is 6.92 Å². The Morgan fingerprint density at radius 2 is 2.00 bits per heavy atom. The van der Waals surface area contributed by atoms with E-state index in [4.69, 9.17) is 0 Å². The van der Waals surface area contributed by atoms with E-state index in [0.29, 0.717) is 18.5 Å². The largest absolute Gasteiger partial charge is 0.435 e. The number of amides is 1.